The molecule has 2 aromatic rings. The molecule has 0 heterocycles. The van der Waals surface area contributed by atoms with Crippen molar-refractivity contribution in [1.29, 1.82) is 0 Å². The maximum absolute atomic E-state index is 11.6. The Balaban J connectivity index is 1.78. The van der Waals surface area contributed by atoms with Gasteiger partial charge in [-0.25, -0.2) is 0 Å². The van der Waals surface area contributed by atoms with E-state index < -0.39 is 0 Å². The highest BCUT2D eigenvalue weighted by Crippen LogP contribution is 2.16. The highest BCUT2D eigenvalue weighted by atomic mass is 35.5. The molecular weight excluding hydrogens is 260 g/mol. The first-order valence-corrected chi connectivity index (χ1v) is 6.56. The lowest BCUT2D eigenvalue weighted by Gasteiger charge is -2.06. The molecule has 2 aromatic carbocycles. The molecule has 3 heteroatoms. The second-order valence-electron chi connectivity index (χ2n) is 4.24. The Labute approximate surface area is 118 Å². The third-order valence-electron chi connectivity index (χ3n) is 2.81. The van der Waals surface area contributed by atoms with Gasteiger partial charge in [0.1, 0.15) is 6.61 Å². The quantitative estimate of drug-likeness (QED) is 0.770. The van der Waals surface area contributed by atoms with Gasteiger partial charge in [-0.3, -0.25) is 4.79 Å². The molecule has 0 bridgehead atoms. The van der Waals surface area contributed by atoms with Crippen LogP contribution in [0.15, 0.2) is 54.6 Å². The summed E-state index contributed by atoms with van der Waals surface area (Å²) < 4.78 is 5.21. The first-order chi connectivity index (χ1) is 9.25. The van der Waals surface area contributed by atoms with Gasteiger partial charge in [0.2, 0.25) is 0 Å². The molecule has 0 N–H and O–H groups in total. The lowest BCUT2D eigenvalue weighted by atomic mass is 10.1. The number of rotatable bonds is 5. The number of aryl methyl sites for hydroxylation is 1. The van der Waals surface area contributed by atoms with Gasteiger partial charge < -0.3 is 4.74 Å². The number of carbonyl (C=O) groups is 1. The monoisotopic (exact) mass is 274 g/mol. The second-order valence-corrected chi connectivity index (χ2v) is 4.64. The van der Waals surface area contributed by atoms with E-state index in [4.69, 9.17) is 16.3 Å². The van der Waals surface area contributed by atoms with Crippen LogP contribution in [-0.2, 0) is 22.6 Å². The van der Waals surface area contributed by atoms with Crippen molar-refractivity contribution in [2.45, 2.75) is 19.4 Å². The van der Waals surface area contributed by atoms with Crippen molar-refractivity contribution in [3.63, 3.8) is 0 Å². The van der Waals surface area contributed by atoms with Gasteiger partial charge in [-0.1, -0.05) is 60.1 Å². The Morgan fingerprint density at radius 1 is 1.00 bits per heavy atom. The Bertz CT molecular complexity index is 537. The number of hydrogen-bond donors (Lipinski definition) is 0. The summed E-state index contributed by atoms with van der Waals surface area (Å²) in [5, 5.41) is 0.623. The molecular formula is C16H15ClO2. The van der Waals surface area contributed by atoms with Crippen LogP contribution in [0.1, 0.15) is 17.5 Å². The Kier molecular flexibility index (Phi) is 4.99. The number of halogens is 1. The van der Waals surface area contributed by atoms with Crippen molar-refractivity contribution >= 4 is 17.6 Å². The van der Waals surface area contributed by atoms with Crippen LogP contribution < -0.4 is 0 Å². The maximum Gasteiger partial charge on any atom is 0.306 e. The zero-order valence-corrected chi connectivity index (χ0v) is 11.3. The molecule has 0 amide bonds. The number of hydrogen-bond acceptors (Lipinski definition) is 2. The summed E-state index contributed by atoms with van der Waals surface area (Å²) in [5.74, 6) is -0.205. The molecule has 98 valence electrons. The van der Waals surface area contributed by atoms with Crippen LogP contribution >= 0.6 is 11.6 Å². The van der Waals surface area contributed by atoms with Crippen molar-refractivity contribution < 1.29 is 9.53 Å². The third-order valence-corrected chi connectivity index (χ3v) is 3.18. The summed E-state index contributed by atoms with van der Waals surface area (Å²) in [6.45, 7) is 0.229. The number of ether oxygens (including phenoxy) is 1. The summed E-state index contributed by atoms with van der Waals surface area (Å²) in [6.07, 6.45) is 1.08. The lowest BCUT2D eigenvalue weighted by Crippen LogP contribution is -2.06. The first-order valence-electron chi connectivity index (χ1n) is 6.18. The molecule has 2 rings (SSSR count). The molecule has 0 radical (unpaired) electrons. The molecule has 0 saturated heterocycles. The Morgan fingerprint density at radius 2 is 1.68 bits per heavy atom. The summed E-state index contributed by atoms with van der Waals surface area (Å²) in [6, 6.07) is 17.3. The van der Waals surface area contributed by atoms with E-state index in [-0.39, 0.29) is 12.6 Å². The van der Waals surface area contributed by atoms with Crippen molar-refractivity contribution in [2.75, 3.05) is 0 Å². The normalized spacial score (nSPS) is 10.2. The zero-order chi connectivity index (χ0) is 13.5. The first kappa shape index (κ1) is 13.6. The Hall–Kier alpha value is -1.80. The van der Waals surface area contributed by atoms with Gasteiger partial charge in [-0.15, -0.1) is 0 Å². The molecule has 2 nitrogen and oxygen atoms in total. The summed E-state index contributed by atoms with van der Waals surface area (Å²) in [4.78, 5) is 11.6. The van der Waals surface area contributed by atoms with Crippen LogP contribution in [0.2, 0.25) is 5.02 Å². The van der Waals surface area contributed by atoms with Crippen LogP contribution in [0.25, 0.3) is 0 Å². The molecule has 0 aliphatic heterocycles. The van der Waals surface area contributed by atoms with Gasteiger partial charge in [-0.2, -0.15) is 0 Å². The second kappa shape index (κ2) is 6.95. The van der Waals surface area contributed by atoms with E-state index in [0.29, 0.717) is 17.9 Å². The molecule has 0 atom stereocenters. The van der Waals surface area contributed by atoms with Gasteiger partial charge in [0.15, 0.2) is 0 Å². The average molecular weight is 275 g/mol. The smallest absolute Gasteiger partial charge is 0.306 e. The minimum absolute atomic E-state index is 0.205. The van der Waals surface area contributed by atoms with Crippen molar-refractivity contribution in [1.82, 2.24) is 0 Å². The number of benzene rings is 2. The molecule has 19 heavy (non-hydrogen) atoms. The highest BCUT2D eigenvalue weighted by molar-refractivity contribution is 6.31. The largest absolute Gasteiger partial charge is 0.461 e. The number of carbonyl (C=O) groups excluding carboxylic acids is 1. The SMILES string of the molecule is O=C(CCc1ccccc1)OCc1ccccc1Cl. The van der Waals surface area contributed by atoms with Gasteiger partial charge in [-0.05, 0) is 18.1 Å². The molecule has 0 aliphatic rings. The van der Waals surface area contributed by atoms with Crippen LogP contribution in [0.3, 0.4) is 0 Å². The molecule has 0 aliphatic carbocycles. The summed E-state index contributed by atoms with van der Waals surface area (Å²) in [7, 11) is 0. The van der Waals surface area contributed by atoms with E-state index >= 15 is 0 Å². The van der Waals surface area contributed by atoms with Gasteiger partial charge in [0.25, 0.3) is 0 Å². The summed E-state index contributed by atoms with van der Waals surface area (Å²) in [5.41, 5.74) is 1.97. The molecule has 0 spiro atoms. The maximum atomic E-state index is 11.6. The van der Waals surface area contributed by atoms with Gasteiger partial charge in [0.05, 0.1) is 0 Å². The zero-order valence-electron chi connectivity index (χ0n) is 10.5. The van der Waals surface area contributed by atoms with Crippen LogP contribution in [0, 0.1) is 0 Å². The minimum Gasteiger partial charge on any atom is -0.461 e. The van der Waals surface area contributed by atoms with Crippen LogP contribution in [-0.4, -0.2) is 5.97 Å². The van der Waals surface area contributed by atoms with Crippen molar-refractivity contribution in [3.8, 4) is 0 Å². The fourth-order valence-corrected chi connectivity index (χ4v) is 1.93. The number of esters is 1. The van der Waals surface area contributed by atoms with Gasteiger partial charge >= 0.3 is 5.97 Å². The highest BCUT2D eigenvalue weighted by Gasteiger charge is 2.05. The average Bonchev–Trinajstić information content (AvgIpc) is 2.45. The standard InChI is InChI=1S/C16H15ClO2/c17-15-9-5-4-8-14(15)12-19-16(18)11-10-13-6-2-1-3-7-13/h1-9H,10-12H2. The van der Waals surface area contributed by atoms with Gasteiger partial charge in [0, 0.05) is 17.0 Å². The topological polar surface area (TPSA) is 26.3 Å². The molecule has 0 unspecified atom stereocenters. The van der Waals surface area contributed by atoms with Crippen LogP contribution in [0.5, 0.6) is 0 Å². The fraction of sp³-hybridized carbons (Fsp3) is 0.188. The summed E-state index contributed by atoms with van der Waals surface area (Å²) >= 11 is 5.99. The van der Waals surface area contributed by atoms with E-state index in [0.717, 1.165) is 11.1 Å². The van der Waals surface area contributed by atoms with E-state index in [1.54, 1.807) is 6.07 Å². The minimum atomic E-state index is -0.205. The molecule has 0 saturated carbocycles. The van der Waals surface area contributed by atoms with E-state index in [1.807, 2.05) is 48.5 Å². The fourth-order valence-electron chi connectivity index (χ4n) is 1.74. The predicted molar refractivity (Wildman–Crippen MR) is 76.0 cm³/mol. The van der Waals surface area contributed by atoms with Crippen molar-refractivity contribution in [2.24, 2.45) is 0 Å². The van der Waals surface area contributed by atoms with E-state index in [1.165, 1.54) is 0 Å². The lowest BCUT2D eigenvalue weighted by molar-refractivity contribution is -0.144. The predicted octanol–water partition coefficient (Wildman–Crippen LogP) is 4.02. The van der Waals surface area contributed by atoms with Crippen molar-refractivity contribution in [3.05, 3.63) is 70.7 Å². The van der Waals surface area contributed by atoms with Crippen LogP contribution in [0.4, 0.5) is 0 Å². The molecule has 0 fully saturated rings. The van der Waals surface area contributed by atoms with E-state index in [9.17, 15) is 4.79 Å². The molecule has 0 aromatic heterocycles. The van der Waals surface area contributed by atoms with E-state index in [2.05, 4.69) is 0 Å². The third kappa shape index (κ3) is 4.42. The Morgan fingerprint density at radius 3 is 2.42 bits per heavy atom.